The Labute approximate surface area is 106 Å². The quantitative estimate of drug-likeness (QED) is 0.827. The Morgan fingerprint density at radius 3 is 3.06 bits per heavy atom. The number of nitrogen functional groups attached to an aromatic ring is 1. The summed E-state index contributed by atoms with van der Waals surface area (Å²) in [6.07, 6.45) is -0.0752. The van der Waals surface area contributed by atoms with E-state index < -0.39 is 0 Å². The lowest BCUT2D eigenvalue weighted by molar-refractivity contribution is -0.0933. The molecule has 1 amide bonds. The van der Waals surface area contributed by atoms with Crippen LogP contribution in [0, 0.1) is 0 Å². The van der Waals surface area contributed by atoms with Crippen LogP contribution in [0.4, 0.5) is 5.82 Å². The summed E-state index contributed by atoms with van der Waals surface area (Å²) in [6.45, 7) is 2.19. The molecular weight excluding hydrogens is 234 g/mol. The summed E-state index contributed by atoms with van der Waals surface area (Å²) in [5, 5.41) is 0. The Balaban J connectivity index is 1.95. The van der Waals surface area contributed by atoms with Crippen molar-refractivity contribution in [1.29, 1.82) is 0 Å². The van der Waals surface area contributed by atoms with E-state index >= 15 is 0 Å². The van der Waals surface area contributed by atoms with Gasteiger partial charge in [-0.05, 0) is 12.1 Å². The van der Waals surface area contributed by atoms with Crippen LogP contribution in [0.25, 0.3) is 0 Å². The summed E-state index contributed by atoms with van der Waals surface area (Å²) in [6, 6.07) is 5.01. The molecule has 0 bridgehead atoms. The van der Waals surface area contributed by atoms with Gasteiger partial charge in [0.15, 0.2) is 0 Å². The highest BCUT2D eigenvalue weighted by molar-refractivity contribution is 5.92. The summed E-state index contributed by atoms with van der Waals surface area (Å²) in [5.41, 5.74) is 5.90. The predicted octanol–water partition coefficient (Wildman–Crippen LogP) is 0.151. The maximum absolute atomic E-state index is 12.1. The third-order valence-electron chi connectivity index (χ3n) is 2.70. The van der Waals surface area contributed by atoms with Crippen molar-refractivity contribution in [2.45, 2.75) is 6.10 Å². The number of nitrogens with zero attached hydrogens (tertiary/aromatic N) is 2. The summed E-state index contributed by atoms with van der Waals surface area (Å²) in [7, 11) is 1.71. The van der Waals surface area contributed by atoms with Crippen molar-refractivity contribution in [2.24, 2.45) is 0 Å². The fourth-order valence-electron chi connectivity index (χ4n) is 1.80. The lowest BCUT2D eigenvalue weighted by Gasteiger charge is -2.27. The number of carbonyl (C=O) groups excluding carboxylic acids is 1. The molecule has 2 N–H and O–H groups in total. The van der Waals surface area contributed by atoms with Gasteiger partial charge in [0.2, 0.25) is 0 Å². The largest absolute Gasteiger partial charge is 0.384 e. The molecule has 1 aliphatic rings. The second kappa shape index (κ2) is 5.79. The van der Waals surface area contributed by atoms with E-state index in [1.165, 1.54) is 0 Å². The van der Waals surface area contributed by atoms with Crippen molar-refractivity contribution in [2.75, 3.05) is 39.1 Å². The minimum absolute atomic E-state index is 0.0752. The van der Waals surface area contributed by atoms with Crippen molar-refractivity contribution in [1.82, 2.24) is 9.88 Å². The van der Waals surface area contributed by atoms with Crippen molar-refractivity contribution in [3.05, 3.63) is 23.9 Å². The fourth-order valence-corrected chi connectivity index (χ4v) is 1.80. The zero-order chi connectivity index (χ0) is 13.0. The van der Waals surface area contributed by atoms with E-state index in [9.17, 15) is 4.79 Å². The molecule has 18 heavy (non-hydrogen) atoms. The van der Waals surface area contributed by atoms with E-state index in [1.54, 1.807) is 30.1 Å². The Hall–Kier alpha value is -1.66. The second-order valence-corrected chi connectivity index (χ2v) is 4.20. The van der Waals surface area contributed by atoms with Crippen molar-refractivity contribution >= 4 is 11.7 Å². The zero-order valence-electron chi connectivity index (χ0n) is 10.3. The molecule has 6 heteroatoms. The normalized spacial score (nSPS) is 19.5. The zero-order valence-corrected chi connectivity index (χ0v) is 10.3. The average Bonchev–Trinajstić information content (AvgIpc) is 2.39. The van der Waals surface area contributed by atoms with Gasteiger partial charge < -0.3 is 20.1 Å². The first-order chi connectivity index (χ1) is 8.66. The number of likely N-dealkylation sites (N-methyl/N-ethyl adjacent to an activating group) is 1. The molecule has 1 aromatic rings. The minimum atomic E-state index is -0.170. The molecule has 2 heterocycles. The number of nitrogens with two attached hydrogens (primary N) is 1. The predicted molar refractivity (Wildman–Crippen MR) is 66.2 cm³/mol. The Morgan fingerprint density at radius 1 is 1.56 bits per heavy atom. The van der Waals surface area contributed by atoms with Crippen LogP contribution in [0.15, 0.2) is 18.2 Å². The number of anilines is 1. The first-order valence-electron chi connectivity index (χ1n) is 5.84. The third-order valence-corrected chi connectivity index (χ3v) is 2.70. The minimum Gasteiger partial charge on any atom is -0.384 e. The van der Waals surface area contributed by atoms with E-state index in [0.29, 0.717) is 37.9 Å². The SMILES string of the molecule is CN(CC1COCCO1)C(=O)c1cccc(N)n1. The van der Waals surface area contributed by atoms with Crippen LogP contribution in [-0.2, 0) is 9.47 Å². The Kier molecular flexibility index (Phi) is 4.11. The first-order valence-corrected chi connectivity index (χ1v) is 5.84. The van der Waals surface area contributed by atoms with E-state index in [4.69, 9.17) is 15.2 Å². The molecule has 0 saturated carbocycles. The van der Waals surface area contributed by atoms with Crippen LogP contribution in [0.5, 0.6) is 0 Å². The molecule has 1 aliphatic heterocycles. The number of rotatable bonds is 3. The first kappa shape index (κ1) is 12.8. The lowest BCUT2D eigenvalue weighted by Crippen LogP contribution is -2.41. The molecular formula is C12H17N3O3. The van der Waals surface area contributed by atoms with Crippen LogP contribution in [0.2, 0.25) is 0 Å². The maximum Gasteiger partial charge on any atom is 0.272 e. The number of ether oxygens (including phenoxy) is 2. The third kappa shape index (κ3) is 3.18. The molecule has 1 aromatic heterocycles. The number of hydrogen-bond donors (Lipinski definition) is 1. The molecule has 0 aliphatic carbocycles. The summed E-state index contributed by atoms with van der Waals surface area (Å²) >= 11 is 0. The monoisotopic (exact) mass is 251 g/mol. The number of aromatic nitrogens is 1. The van der Waals surface area contributed by atoms with Crippen LogP contribution < -0.4 is 5.73 Å². The Bertz CT molecular complexity index is 419. The highest BCUT2D eigenvalue weighted by Gasteiger charge is 2.20. The smallest absolute Gasteiger partial charge is 0.272 e. The number of carbonyl (C=O) groups is 1. The molecule has 0 radical (unpaired) electrons. The van der Waals surface area contributed by atoms with Crippen molar-refractivity contribution in [3.8, 4) is 0 Å². The van der Waals surface area contributed by atoms with E-state index in [1.807, 2.05) is 0 Å². The number of pyridine rings is 1. The molecule has 0 aromatic carbocycles. The van der Waals surface area contributed by atoms with Gasteiger partial charge in [-0.3, -0.25) is 4.79 Å². The molecule has 6 nitrogen and oxygen atoms in total. The Morgan fingerprint density at radius 2 is 2.39 bits per heavy atom. The fraction of sp³-hybridized carbons (Fsp3) is 0.500. The van der Waals surface area contributed by atoms with Gasteiger partial charge in [0, 0.05) is 13.6 Å². The highest BCUT2D eigenvalue weighted by Crippen LogP contribution is 2.07. The molecule has 0 spiro atoms. The van der Waals surface area contributed by atoms with Gasteiger partial charge in [0.25, 0.3) is 5.91 Å². The summed E-state index contributed by atoms with van der Waals surface area (Å²) < 4.78 is 10.8. The molecule has 98 valence electrons. The van der Waals surface area contributed by atoms with Gasteiger partial charge in [-0.1, -0.05) is 6.07 Å². The van der Waals surface area contributed by atoms with Crippen LogP contribution in [-0.4, -0.2) is 55.3 Å². The van der Waals surface area contributed by atoms with Gasteiger partial charge in [-0.25, -0.2) is 4.98 Å². The van der Waals surface area contributed by atoms with Gasteiger partial charge in [0.05, 0.1) is 25.9 Å². The second-order valence-electron chi connectivity index (χ2n) is 4.20. The standard InChI is InChI=1S/C12H17N3O3/c1-15(7-9-8-17-5-6-18-9)12(16)10-3-2-4-11(13)14-10/h2-4,9H,5-8H2,1H3,(H2,13,14). The topological polar surface area (TPSA) is 77.7 Å². The van der Waals surface area contributed by atoms with Gasteiger partial charge in [0.1, 0.15) is 11.5 Å². The van der Waals surface area contributed by atoms with Crippen molar-refractivity contribution in [3.63, 3.8) is 0 Å². The van der Waals surface area contributed by atoms with Gasteiger partial charge >= 0.3 is 0 Å². The summed E-state index contributed by atoms with van der Waals surface area (Å²) in [5.74, 6) is 0.169. The lowest BCUT2D eigenvalue weighted by atomic mass is 10.2. The van der Waals surface area contributed by atoms with E-state index in [0.717, 1.165) is 0 Å². The average molecular weight is 251 g/mol. The van der Waals surface area contributed by atoms with Crippen LogP contribution in [0.1, 0.15) is 10.5 Å². The molecule has 1 atom stereocenters. The number of hydrogen-bond acceptors (Lipinski definition) is 5. The molecule has 1 saturated heterocycles. The van der Waals surface area contributed by atoms with Crippen LogP contribution in [0.3, 0.4) is 0 Å². The number of amides is 1. The van der Waals surface area contributed by atoms with Crippen LogP contribution >= 0.6 is 0 Å². The highest BCUT2D eigenvalue weighted by atomic mass is 16.6. The maximum atomic E-state index is 12.1. The van der Waals surface area contributed by atoms with E-state index in [-0.39, 0.29) is 12.0 Å². The molecule has 2 rings (SSSR count). The molecule has 1 fully saturated rings. The van der Waals surface area contributed by atoms with Crippen molar-refractivity contribution < 1.29 is 14.3 Å². The summed E-state index contributed by atoms with van der Waals surface area (Å²) in [4.78, 5) is 17.7. The molecule has 1 unspecified atom stereocenters. The van der Waals surface area contributed by atoms with Gasteiger partial charge in [-0.15, -0.1) is 0 Å². The van der Waals surface area contributed by atoms with Gasteiger partial charge in [-0.2, -0.15) is 0 Å². The van der Waals surface area contributed by atoms with E-state index in [2.05, 4.69) is 4.98 Å².